The molecule has 2 atom stereocenters. The Morgan fingerprint density at radius 1 is 0.939 bits per heavy atom. The van der Waals surface area contributed by atoms with Crippen molar-refractivity contribution in [3.8, 4) is 23.0 Å². The first-order chi connectivity index (χ1) is 23.4. The number of carbonyl (C=O) groups excluding carboxylic acids is 2. The topological polar surface area (TPSA) is 110 Å². The van der Waals surface area contributed by atoms with Gasteiger partial charge in [0.15, 0.2) is 17.5 Å². The molecule has 266 valence electrons. The van der Waals surface area contributed by atoms with E-state index in [2.05, 4.69) is 4.90 Å². The molecule has 3 aromatic carbocycles. The van der Waals surface area contributed by atoms with Gasteiger partial charge in [-0.25, -0.2) is 0 Å². The molecule has 1 aliphatic rings. The van der Waals surface area contributed by atoms with Crippen LogP contribution < -0.4 is 24.3 Å². The summed E-state index contributed by atoms with van der Waals surface area (Å²) in [6.07, 6.45) is -5.75. The van der Waals surface area contributed by atoms with Crippen LogP contribution >= 0.6 is 0 Å². The molecule has 0 aliphatic carbocycles. The van der Waals surface area contributed by atoms with E-state index in [9.17, 15) is 27.9 Å². The van der Waals surface area contributed by atoms with Crippen molar-refractivity contribution in [1.29, 1.82) is 0 Å². The van der Waals surface area contributed by atoms with E-state index in [1.165, 1.54) is 38.4 Å². The first-order valence-corrected chi connectivity index (χ1v) is 16.0. The van der Waals surface area contributed by atoms with E-state index in [0.29, 0.717) is 38.1 Å². The largest absolute Gasteiger partial charge is 0.497 e. The van der Waals surface area contributed by atoms with Gasteiger partial charge in [-0.3, -0.25) is 9.59 Å². The zero-order valence-corrected chi connectivity index (χ0v) is 28.2. The molecule has 13 heteroatoms. The molecule has 2 unspecified atom stereocenters. The predicted molar refractivity (Wildman–Crippen MR) is 177 cm³/mol. The highest BCUT2D eigenvalue weighted by Crippen LogP contribution is 2.39. The fraction of sp³-hybridized carbons (Fsp3) is 0.444. The van der Waals surface area contributed by atoms with Gasteiger partial charge in [0, 0.05) is 24.6 Å². The number of benzene rings is 3. The second-order valence-electron chi connectivity index (χ2n) is 12.0. The smallest absolute Gasteiger partial charge is 0.411 e. The summed E-state index contributed by atoms with van der Waals surface area (Å²) in [6.45, 7) is 0.939. The number of hydrogen-bond donors (Lipinski definition) is 2. The van der Waals surface area contributed by atoms with Crippen molar-refractivity contribution in [1.82, 2.24) is 15.1 Å². The van der Waals surface area contributed by atoms with Crippen LogP contribution in [0.25, 0.3) is 0 Å². The molecule has 0 bridgehead atoms. The number of aliphatic hydroxyl groups is 1. The van der Waals surface area contributed by atoms with Crippen molar-refractivity contribution in [2.45, 2.75) is 44.2 Å². The Labute approximate surface area is 284 Å². The van der Waals surface area contributed by atoms with Gasteiger partial charge < -0.3 is 39.2 Å². The normalized spacial score (nSPS) is 15.2. The molecule has 0 radical (unpaired) electrons. The third kappa shape index (κ3) is 10.3. The Kier molecular flexibility index (Phi) is 13.1. The van der Waals surface area contributed by atoms with Gasteiger partial charge in [0.05, 0.1) is 21.3 Å². The maximum absolute atomic E-state index is 14.5. The number of carbonyl (C=O) groups is 2. The van der Waals surface area contributed by atoms with Crippen LogP contribution in [0.5, 0.6) is 23.0 Å². The van der Waals surface area contributed by atoms with Gasteiger partial charge in [0.2, 0.25) is 11.7 Å². The first kappa shape index (κ1) is 37.3. The molecule has 1 heterocycles. The number of methoxy groups -OCH3 is 3. The molecule has 10 nitrogen and oxygen atoms in total. The molecule has 1 aliphatic heterocycles. The fourth-order valence-electron chi connectivity index (χ4n) is 5.70. The number of likely N-dealkylation sites (tertiary alicyclic amines) is 1. The summed E-state index contributed by atoms with van der Waals surface area (Å²) in [7, 11) is 6.14. The quantitative estimate of drug-likeness (QED) is 0.236. The summed E-state index contributed by atoms with van der Waals surface area (Å²) < 4.78 is 65.3. The molecule has 49 heavy (non-hydrogen) atoms. The van der Waals surface area contributed by atoms with Crippen LogP contribution in [0.2, 0.25) is 0 Å². The third-order valence-electron chi connectivity index (χ3n) is 8.59. The van der Waals surface area contributed by atoms with E-state index in [0.717, 1.165) is 11.1 Å². The molecule has 0 saturated carbocycles. The van der Waals surface area contributed by atoms with Crippen LogP contribution in [0.15, 0.2) is 66.7 Å². The van der Waals surface area contributed by atoms with Gasteiger partial charge in [0.1, 0.15) is 18.5 Å². The van der Waals surface area contributed by atoms with Crippen molar-refractivity contribution in [2.75, 3.05) is 54.6 Å². The highest BCUT2D eigenvalue weighted by Gasteiger charge is 2.46. The molecule has 2 N–H and O–H groups in total. The molecule has 1 fully saturated rings. The molecule has 0 aromatic heterocycles. The zero-order chi connectivity index (χ0) is 35.6. The number of piperidine rings is 1. The minimum atomic E-state index is -5.04. The van der Waals surface area contributed by atoms with Crippen molar-refractivity contribution in [3.63, 3.8) is 0 Å². The van der Waals surface area contributed by atoms with E-state index in [1.54, 1.807) is 12.1 Å². The first-order valence-electron chi connectivity index (χ1n) is 16.0. The van der Waals surface area contributed by atoms with Crippen molar-refractivity contribution < 1.29 is 46.8 Å². The van der Waals surface area contributed by atoms with Gasteiger partial charge in [-0.2, -0.15) is 13.2 Å². The number of alkyl halides is 3. The summed E-state index contributed by atoms with van der Waals surface area (Å²) >= 11 is 0. The average Bonchev–Trinajstić information content (AvgIpc) is 3.10. The highest BCUT2D eigenvalue weighted by atomic mass is 19.4. The standard InChI is InChI=1S/C36H44F3N3O7/c1-41-17-15-26(16-18-41)35(45)42(19-14-24-10-12-28(46-2)13-11-24)22-29(43)33(36(37,38)39)40-34(44)27-20-30(47-3)32(31(21-27)48-4)49-23-25-8-6-5-7-9-25/h5-13,20-21,26,29,33,43H,14-19,22-23H2,1-4H3,(H,40,44). The zero-order valence-electron chi connectivity index (χ0n) is 28.2. The number of amides is 2. The van der Waals surface area contributed by atoms with Crippen LogP contribution in [0, 0.1) is 5.92 Å². The van der Waals surface area contributed by atoms with Gasteiger partial charge in [-0.15, -0.1) is 0 Å². The van der Waals surface area contributed by atoms with Crippen molar-refractivity contribution in [2.24, 2.45) is 5.92 Å². The predicted octanol–water partition coefficient (Wildman–Crippen LogP) is 4.73. The number of rotatable bonds is 15. The van der Waals surface area contributed by atoms with Crippen LogP contribution in [0.1, 0.15) is 34.3 Å². The number of nitrogens with zero attached hydrogens (tertiary/aromatic N) is 2. The number of ether oxygens (including phenoxy) is 4. The summed E-state index contributed by atoms with van der Waals surface area (Å²) in [6, 6.07) is 16.2. The monoisotopic (exact) mass is 687 g/mol. The highest BCUT2D eigenvalue weighted by molar-refractivity contribution is 5.96. The summed E-state index contributed by atoms with van der Waals surface area (Å²) in [5.41, 5.74) is 1.49. The molecular weight excluding hydrogens is 643 g/mol. The Morgan fingerprint density at radius 3 is 2.10 bits per heavy atom. The van der Waals surface area contributed by atoms with Gasteiger partial charge >= 0.3 is 6.18 Å². The fourth-order valence-corrected chi connectivity index (χ4v) is 5.70. The molecule has 2 amide bonds. The average molecular weight is 688 g/mol. The molecule has 1 saturated heterocycles. The number of aliphatic hydroxyl groups excluding tert-OH is 1. The van der Waals surface area contributed by atoms with E-state index < -0.39 is 30.8 Å². The summed E-state index contributed by atoms with van der Waals surface area (Å²) in [5.74, 6) is -0.895. The Bertz CT molecular complexity index is 1490. The van der Waals surface area contributed by atoms with E-state index in [4.69, 9.17) is 18.9 Å². The summed E-state index contributed by atoms with van der Waals surface area (Å²) in [5, 5.41) is 13.0. The van der Waals surface area contributed by atoms with Crippen LogP contribution in [-0.4, -0.2) is 99.6 Å². The Morgan fingerprint density at radius 2 is 1.55 bits per heavy atom. The number of halogens is 3. The van der Waals surface area contributed by atoms with Crippen LogP contribution in [0.3, 0.4) is 0 Å². The van der Waals surface area contributed by atoms with E-state index in [1.807, 2.05) is 54.8 Å². The lowest BCUT2D eigenvalue weighted by Gasteiger charge is -2.35. The number of hydrogen-bond acceptors (Lipinski definition) is 8. The number of nitrogens with one attached hydrogen (secondary N) is 1. The van der Waals surface area contributed by atoms with Gasteiger partial charge in [-0.05, 0) is 74.8 Å². The Balaban J connectivity index is 1.53. The van der Waals surface area contributed by atoms with E-state index in [-0.39, 0.29) is 47.8 Å². The maximum atomic E-state index is 14.5. The molecule has 0 spiro atoms. The minimum absolute atomic E-state index is 0.0676. The molecular formula is C36H44F3N3O7. The molecule has 4 rings (SSSR count). The van der Waals surface area contributed by atoms with Gasteiger partial charge in [0.25, 0.3) is 5.91 Å². The summed E-state index contributed by atoms with van der Waals surface area (Å²) in [4.78, 5) is 30.4. The second-order valence-corrected chi connectivity index (χ2v) is 12.0. The minimum Gasteiger partial charge on any atom is -0.497 e. The van der Waals surface area contributed by atoms with Crippen molar-refractivity contribution >= 4 is 11.8 Å². The lowest BCUT2D eigenvalue weighted by molar-refractivity contribution is -0.178. The Hall–Kier alpha value is -4.49. The second kappa shape index (κ2) is 17.3. The van der Waals surface area contributed by atoms with Crippen LogP contribution in [-0.2, 0) is 17.8 Å². The van der Waals surface area contributed by atoms with E-state index >= 15 is 0 Å². The SMILES string of the molecule is COc1ccc(CCN(CC(O)C(NC(=O)c2cc(OC)c(OCc3ccccc3)c(OC)c2)C(F)(F)F)C(=O)C2CCN(C)CC2)cc1. The lowest BCUT2D eigenvalue weighted by atomic mass is 9.95. The lowest BCUT2D eigenvalue weighted by Crippen LogP contribution is -2.57. The third-order valence-corrected chi connectivity index (χ3v) is 8.59. The molecule has 3 aromatic rings. The maximum Gasteiger partial charge on any atom is 0.411 e. The van der Waals surface area contributed by atoms with Crippen LogP contribution in [0.4, 0.5) is 13.2 Å². The van der Waals surface area contributed by atoms with Crippen molar-refractivity contribution in [3.05, 3.63) is 83.4 Å². The van der Waals surface area contributed by atoms with Gasteiger partial charge in [-0.1, -0.05) is 42.5 Å².